The molecule has 6 nitrogen and oxygen atoms in total. The molecule has 1 N–H and O–H groups in total. The van der Waals surface area contributed by atoms with E-state index in [1.54, 1.807) is 25.1 Å². The monoisotopic (exact) mass is 436 g/mol. The molecule has 2 amide bonds. The number of anilines is 1. The van der Waals surface area contributed by atoms with Crippen LogP contribution in [0.1, 0.15) is 30.5 Å². The van der Waals surface area contributed by atoms with E-state index in [-0.39, 0.29) is 18.9 Å². The van der Waals surface area contributed by atoms with Gasteiger partial charge < -0.3 is 19.7 Å². The van der Waals surface area contributed by atoms with E-state index in [0.717, 1.165) is 12.1 Å². The van der Waals surface area contributed by atoms with Crippen molar-refractivity contribution < 1.29 is 32.2 Å². The molecule has 9 heteroatoms. The van der Waals surface area contributed by atoms with Crippen LogP contribution in [0.5, 0.6) is 11.5 Å². The number of rotatable bonds is 6. The maximum absolute atomic E-state index is 12.9. The van der Waals surface area contributed by atoms with Crippen molar-refractivity contribution in [3.63, 3.8) is 0 Å². The molecule has 166 valence electrons. The second-order valence-corrected chi connectivity index (χ2v) is 7.30. The Balaban J connectivity index is 1.71. The van der Waals surface area contributed by atoms with Crippen LogP contribution in [0.3, 0.4) is 0 Å². The van der Waals surface area contributed by atoms with Gasteiger partial charge in [0.15, 0.2) is 0 Å². The standard InChI is InChI=1S/C22H23F3N2O4/c1-13(14-5-4-6-16(9-14)22(23,24)25)26-21(29)15-10-20(28)27(12-15)18-8-7-17(30-2)11-19(18)31-3/h4-9,11,13,15H,10,12H2,1-3H3,(H,26,29)/t13-,15-/m1/s1. The van der Waals surface area contributed by atoms with Crippen LogP contribution in [0.15, 0.2) is 42.5 Å². The van der Waals surface area contributed by atoms with Gasteiger partial charge in [0.05, 0.1) is 37.4 Å². The van der Waals surface area contributed by atoms with Crippen molar-refractivity contribution in [2.75, 3.05) is 25.7 Å². The second-order valence-electron chi connectivity index (χ2n) is 7.30. The SMILES string of the molecule is COc1ccc(N2C[C@H](C(=O)N[C@H](C)c3cccc(C(F)(F)F)c3)CC2=O)c(OC)c1. The molecule has 2 aromatic rings. The molecule has 2 atom stereocenters. The minimum atomic E-state index is -4.46. The zero-order chi connectivity index (χ0) is 22.8. The minimum Gasteiger partial charge on any atom is -0.497 e. The molecule has 0 spiro atoms. The number of carbonyl (C=O) groups excluding carboxylic acids is 2. The number of nitrogens with one attached hydrogen (secondary N) is 1. The summed E-state index contributed by atoms with van der Waals surface area (Å²) in [5.74, 6) is -0.265. The summed E-state index contributed by atoms with van der Waals surface area (Å²) in [6, 6.07) is 9.19. The topological polar surface area (TPSA) is 67.9 Å². The summed E-state index contributed by atoms with van der Waals surface area (Å²) in [4.78, 5) is 26.8. The Labute approximate surface area is 177 Å². The fourth-order valence-corrected chi connectivity index (χ4v) is 3.52. The van der Waals surface area contributed by atoms with E-state index in [4.69, 9.17) is 9.47 Å². The van der Waals surface area contributed by atoms with Crippen molar-refractivity contribution >= 4 is 17.5 Å². The molecule has 31 heavy (non-hydrogen) atoms. The lowest BCUT2D eigenvalue weighted by atomic mass is 10.0. The highest BCUT2D eigenvalue weighted by Crippen LogP contribution is 2.36. The Hall–Kier alpha value is -3.23. The lowest BCUT2D eigenvalue weighted by Gasteiger charge is -2.21. The molecule has 0 radical (unpaired) electrons. The van der Waals surface area contributed by atoms with Crippen molar-refractivity contribution in [3.8, 4) is 11.5 Å². The number of hydrogen-bond acceptors (Lipinski definition) is 4. The maximum Gasteiger partial charge on any atom is 0.416 e. The van der Waals surface area contributed by atoms with Gasteiger partial charge in [-0.25, -0.2) is 0 Å². The van der Waals surface area contributed by atoms with E-state index < -0.39 is 29.6 Å². The Bertz CT molecular complexity index is 977. The van der Waals surface area contributed by atoms with Gasteiger partial charge in [0.2, 0.25) is 11.8 Å². The summed E-state index contributed by atoms with van der Waals surface area (Å²) in [6.07, 6.45) is -4.47. The highest BCUT2D eigenvalue weighted by atomic mass is 19.4. The van der Waals surface area contributed by atoms with Crippen LogP contribution in [0.2, 0.25) is 0 Å². The van der Waals surface area contributed by atoms with E-state index in [2.05, 4.69) is 5.32 Å². The summed E-state index contributed by atoms with van der Waals surface area (Å²) < 4.78 is 49.3. The normalized spacial score (nSPS) is 17.4. The van der Waals surface area contributed by atoms with Gasteiger partial charge in [0.25, 0.3) is 0 Å². The van der Waals surface area contributed by atoms with Crippen LogP contribution in [0, 0.1) is 5.92 Å². The molecule has 1 saturated heterocycles. The Kier molecular flexibility index (Phi) is 6.42. The molecule has 1 aliphatic rings. The van der Waals surface area contributed by atoms with Crippen molar-refractivity contribution in [2.45, 2.75) is 25.6 Å². The third-order valence-electron chi connectivity index (χ3n) is 5.25. The highest BCUT2D eigenvalue weighted by Gasteiger charge is 2.37. The summed E-state index contributed by atoms with van der Waals surface area (Å²) in [7, 11) is 2.99. The second kappa shape index (κ2) is 8.87. The largest absolute Gasteiger partial charge is 0.497 e. The molecule has 0 unspecified atom stereocenters. The fourth-order valence-electron chi connectivity index (χ4n) is 3.52. The van der Waals surface area contributed by atoms with Gasteiger partial charge in [-0.1, -0.05) is 12.1 Å². The summed E-state index contributed by atoms with van der Waals surface area (Å²) in [5.41, 5.74) is 0.0793. The first-order valence-corrected chi connectivity index (χ1v) is 9.64. The van der Waals surface area contributed by atoms with E-state index in [9.17, 15) is 22.8 Å². The summed E-state index contributed by atoms with van der Waals surface area (Å²) in [5, 5.41) is 2.72. The predicted octanol–water partition coefficient (Wildman–Crippen LogP) is 3.95. The molecule has 1 heterocycles. The Morgan fingerprint density at radius 3 is 2.55 bits per heavy atom. The van der Waals surface area contributed by atoms with E-state index in [1.165, 1.54) is 31.3 Å². The minimum absolute atomic E-state index is 0.00364. The van der Waals surface area contributed by atoms with E-state index in [0.29, 0.717) is 22.7 Å². The molecule has 2 aromatic carbocycles. The third kappa shape index (κ3) is 4.92. The van der Waals surface area contributed by atoms with Gasteiger partial charge in [-0.3, -0.25) is 9.59 Å². The number of nitrogens with zero attached hydrogens (tertiary/aromatic N) is 1. The first-order chi connectivity index (χ1) is 14.6. The van der Waals surface area contributed by atoms with Gasteiger partial charge in [0.1, 0.15) is 11.5 Å². The van der Waals surface area contributed by atoms with Gasteiger partial charge in [-0.2, -0.15) is 13.2 Å². The highest BCUT2D eigenvalue weighted by molar-refractivity contribution is 6.01. The van der Waals surface area contributed by atoms with Crippen LogP contribution >= 0.6 is 0 Å². The maximum atomic E-state index is 12.9. The predicted molar refractivity (Wildman–Crippen MR) is 108 cm³/mol. The zero-order valence-electron chi connectivity index (χ0n) is 17.3. The molecular weight excluding hydrogens is 413 g/mol. The lowest BCUT2D eigenvalue weighted by Crippen LogP contribution is -2.34. The zero-order valence-corrected chi connectivity index (χ0v) is 17.3. The Morgan fingerprint density at radius 1 is 1.16 bits per heavy atom. The lowest BCUT2D eigenvalue weighted by molar-refractivity contribution is -0.137. The van der Waals surface area contributed by atoms with Crippen molar-refractivity contribution in [1.82, 2.24) is 5.32 Å². The van der Waals surface area contributed by atoms with Crippen molar-refractivity contribution in [1.29, 1.82) is 0 Å². The van der Waals surface area contributed by atoms with Crippen LogP contribution < -0.4 is 19.7 Å². The van der Waals surface area contributed by atoms with Crippen molar-refractivity contribution in [3.05, 3.63) is 53.6 Å². The van der Waals surface area contributed by atoms with Gasteiger partial charge >= 0.3 is 6.18 Å². The number of hydrogen-bond donors (Lipinski definition) is 1. The summed E-state index contributed by atoms with van der Waals surface area (Å²) in [6.45, 7) is 1.75. The van der Waals surface area contributed by atoms with Crippen LogP contribution in [0.4, 0.5) is 18.9 Å². The number of halogens is 3. The molecule has 0 aliphatic carbocycles. The number of benzene rings is 2. The van der Waals surface area contributed by atoms with Gasteiger partial charge in [-0.05, 0) is 36.8 Å². The summed E-state index contributed by atoms with van der Waals surface area (Å²) >= 11 is 0. The third-order valence-corrected chi connectivity index (χ3v) is 5.25. The molecule has 1 fully saturated rings. The number of alkyl halides is 3. The number of amides is 2. The quantitative estimate of drug-likeness (QED) is 0.745. The fraction of sp³-hybridized carbons (Fsp3) is 0.364. The Morgan fingerprint density at radius 2 is 1.90 bits per heavy atom. The van der Waals surface area contributed by atoms with Gasteiger partial charge in [0, 0.05) is 19.0 Å². The molecular formula is C22H23F3N2O4. The number of methoxy groups -OCH3 is 2. The molecule has 0 saturated carbocycles. The number of ether oxygens (including phenoxy) is 2. The average Bonchev–Trinajstić information content (AvgIpc) is 3.14. The molecule has 1 aliphatic heterocycles. The van der Waals surface area contributed by atoms with Crippen molar-refractivity contribution in [2.24, 2.45) is 5.92 Å². The molecule has 0 aromatic heterocycles. The van der Waals surface area contributed by atoms with E-state index in [1.807, 2.05) is 0 Å². The first-order valence-electron chi connectivity index (χ1n) is 9.64. The molecule has 3 rings (SSSR count). The van der Waals surface area contributed by atoms with Gasteiger partial charge in [-0.15, -0.1) is 0 Å². The van der Waals surface area contributed by atoms with Crippen LogP contribution in [-0.2, 0) is 15.8 Å². The van der Waals surface area contributed by atoms with Crippen LogP contribution in [0.25, 0.3) is 0 Å². The molecule has 0 bridgehead atoms. The number of carbonyl (C=O) groups is 2. The first kappa shape index (κ1) is 22.5. The van der Waals surface area contributed by atoms with E-state index >= 15 is 0 Å². The average molecular weight is 436 g/mol. The smallest absolute Gasteiger partial charge is 0.416 e. The van der Waals surface area contributed by atoms with Crippen LogP contribution in [-0.4, -0.2) is 32.6 Å².